The molecule has 0 spiro atoms. The van der Waals surface area contributed by atoms with E-state index in [4.69, 9.17) is 5.73 Å². The molecule has 18 heavy (non-hydrogen) atoms. The molecule has 0 aliphatic rings. The van der Waals surface area contributed by atoms with E-state index in [-0.39, 0.29) is 0 Å². The first-order valence-corrected chi connectivity index (χ1v) is 6.73. The van der Waals surface area contributed by atoms with E-state index in [1.54, 1.807) is 0 Å². The summed E-state index contributed by atoms with van der Waals surface area (Å²) in [5.74, 6) is 0. The third-order valence-corrected chi connectivity index (χ3v) is 3.66. The van der Waals surface area contributed by atoms with Crippen molar-refractivity contribution in [3.05, 3.63) is 48.0 Å². The Morgan fingerprint density at radius 3 is 2.33 bits per heavy atom. The van der Waals surface area contributed by atoms with Gasteiger partial charge in [0, 0.05) is 12.6 Å². The topological polar surface area (TPSA) is 29.3 Å². The lowest BCUT2D eigenvalue weighted by molar-refractivity contribution is 0.225. The Morgan fingerprint density at radius 2 is 1.67 bits per heavy atom. The van der Waals surface area contributed by atoms with Crippen LogP contribution in [0.3, 0.4) is 0 Å². The summed E-state index contributed by atoms with van der Waals surface area (Å²) >= 11 is 0. The van der Waals surface area contributed by atoms with Gasteiger partial charge in [-0.25, -0.2) is 0 Å². The van der Waals surface area contributed by atoms with Gasteiger partial charge in [-0.2, -0.15) is 0 Å². The second kappa shape index (κ2) is 5.98. The molecule has 2 nitrogen and oxygen atoms in total. The van der Waals surface area contributed by atoms with Crippen molar-refractivity contribution in [2.75, 3.05) is 19.6 Å². The van der Waals surface area contributed by atoms with Crippen LogP contribution in [0, 0.1) is 0 Å². The Morgan fingerprint density at radius 1 is 1.00 bits per heavy atom. The van der Waals surface area contributed by atoms with Gasteiger partial charge in [0.15, 0.2) is 0 Å². The van der Waals surface area contributed by atoms with Crippen LogP contribution in [0.25, 0.3) is 10.8 Å². The van der Waals surface area contributed by atoms with E-state index < -0.39 is 0 Å². The predicted octanol–water partition coefficient (Wildman–Crippen LogP) is 3.18. The van der Waals surface area contributed by atoms with Crippen molar-refractivity contribution in [2.45, 2.75) is 19.9 Å². The maximum Gasteiger partial charge on any atom is 0.0476 e. The van der Waals surface area contributed by atoms with Gasteiger partial charge in [-0.05, 0) is 29.4 Å². The molecule has 96 valence electrons. The van der Waals surface area contributed by atoms with Crippen LogP contribution >= 0.6 is 0 Å². The van der Waals surface area contributed by atoms with Gasteiger partial charge in [0.1, 0.15) is 0 Å². The van der Waals surface area contributed by atoms with Crippen LogP contribution in [-0.4, -0.2) is 24.5 Å². The fraction of sp³-hybridized carbons (Fsp3) is 0.375. The highest BCUT2D eigenvalue weighted by Crippen LogP contribution is 2.27. The van der Waals surface area contributed by atoms with Gasteiger partial charge in [0.05, 0.1) is 0 Å². The summed E-state index contributed by atoms with van der Waals surface area (Å²) in [7, 11) is 0. The number of hydrogen-bond acceptors (Lipinski definition) is 2. The normalized spacial score (nSPS) is 13.1. The van der Waals surface area contributed by atoms with Crippen LogP contribution < -0.4 is 5.73 Å². The van der Waals surface area contributed by atoms with Crippen LogP contribution in [0.2, 0.25) is 0 Å². The number of benzene rings is 2. The van der Waals surface area contributed by atoms with Crippen molar-refractivity contribution < 1.29 is 0 Å². The summed E-state index contributed by atoms with van der Waals surface area (Å²) < 4.78 is 0. The number of likely N-dealkylation sites (N-methyl/N-ethyl adjacent to an activating group) is 1. The minimum Gasteiger partial charge on any atom is -0.329 e. The molecule has 0 unspecified atom stereocenters. The lowest BCUT2D eigenvalue weighted by Gasteiger charge is -2.29. The van der Waals surface area contributed by atoms with Gasteiger partial charge in [0.25, 0.3) is 0 Å². The molecule has 0 saturated carbocycles. The number of fused-ring (bicyclic) bond motifs is 1. The van der Waals surface area contributed by atoms with Gasteiger partial charge in [-0.3, -0.25) is 4.90 Å². The minimum atomic E-state index is 0.311. The molecule has 2 N–H and O–H groups in total. The van der Waals surface area contributed by atoms with Gasteiger partial charge < -0.3 is 5.73 Å². The second-order valence-electron chi connectivity index (χ2n) is 4.54. The van der Waals surface area contributed by atoms with Crippen molar-refractivity contribution >= 4 is 10.8 Å². The third kappa shape index (κ3) is 2.40. The van der Waals surface area contributed by atoms with E-state index in [9.17, 15) is 0 Å². The van der Waals surface area contributed by atoms with E-state index in [2.05, 4.69) is 61.2 Å². The second-order valence-corrected chi connectivity index (χ2v) is 4.54. The smallest absolute Gasteiger partial charge is 0.0476 e. The quantitative estimate of drug-likeness (QED) is 0.872. The van der Waals surface area contributed by atoms with Crippen LogP contribution in [0.5, 0.6) is 0 Å². The average molecular weight is 242 g/mol. The summed E-state index contributed by atoms with van der Waals surface area (Å²) in [6.45, 7) is 7.10. The van der Waals surface area contributed by atoms with Crippen molar-refractivity contribution in [3.8, 4) is 0 Å². The van der Waals surface area contributed by atoms with Crippen LogP contribution in [0.4, 0.5) is 0 Å². The number of rotatable bonds is 5. The Bertz CT molecular complexity index is 498. The SMILES string of the molecule is CCN(CC)[C@@H](CN)c1cccc2ccccc12. The molecule has 2 heteroatoms. The molecule has 0 aliphatic heterocycles. The third-order valence-electron chi connectivity index (χ3n) is 3.66. The van der Waals surface area contributed by atoms with Gasteiger partial charge in [-0.15, -0.1) is 0 Å². The Labute approximate surface area is 109 Å². The highest BCUT2D eigenvalue weighted by atomic mass is 15.2. The molecular weight excluding hydrogens is 220 g/mol. The molecule has 0 aliphatic carbocycles. The van der Waals surface area contributed by atoms with Crippen molar-refractivity contribution in [2.24, 2.45) is 5.73 Å². The monoisotopic (exact) mass is 242 g/mol. The number of nitrogens with two attached hydrogens (primary N) is 1. The fourth-order valence-corrected chi connectivity index (χ4v) is 2.68. The summed E-state index contributed by atoms with van der Waals surface area (Å²) in [5.41, 5.74) is 7.35. The largest absolute Gasteiger partial charge is 0.329 e. The summed E-state index contributed by atoms with van der Waals surface area (Å²) in [4.78, 5) is 2.42. The first kappa shape index (κ1) is 13.1. The predicted molar refractivity (Wildman–Crippen MR) is 78.7 cm³/mol. The van der Waals surface area contributed by atoms with Crippen molar-refractivity contribution in [1.29, 1.82) is 0 Å². The maximum absolute atomic E-state index is 6.01. The first-order valence-electron chi connectivity index (χ1n) is 6.73. The lowest BCUT2D eigenvalue weighted by atomic mass is 9.97. The molecule has 0 radical (unpaired) electrons. The minimum absolute atomic E-state index is 0.311. The van der Waals surface area contributed by atoms with E-state index in [1.807, 2.05) is 0 Å². The molecule has 2 aromatic rings. The van der Waals surface area contributed by atoms with Crippen LogP contribution in [0.1, 0.15) is 25.5 Å². The van der Waals surface area contributed by atoms with Crippen molar-refractivity contribution in [1.82, 2.24) is 4.90 Å². The highest BCUT2D eigenvalue weighted by molar-refractivity contribution is 5.86. The molecule has 0 fully saturated rings. The fourth-order valence-electron chi connectivity index (χ4n) is 2.68. The van der Waals surface area contributed by atoms with Crippen molar-refractivity contribution in [3.63, 3.8) is 0 Å². The molecule has 1 atom stereocenters. The standard InChI is InChI=1S/C16H22N2/c1-3-18(4-2)16(12-17)15-11-7-9-13-8-5-6-10-14(13)15/h5-11,16H,3-4,12,17H2,1-2H3/t16-/m0/s1. The Kier molecular flexibility index (Phi) is 4.34. The molecule has 2 aromatic carbocycles. The molecule has 0 amide bonds. The summed E-state index contributed by atoms with van der Waals surface area (Å²) in [6.07, 6.45) is 0. The molecule has 0 bridgehead atoms. The Balaban J connectivity index is 2.51. The maximum atomic E-state index is 6.01. The number of hydrogen-bond donors (Lipinski definition) is 1. The summed E-state index contributed by atoms with van der Waals surface area (Å²) in [6, 6.07) is 15.3. The van der Waals surface area contributed by atoms with Gasteiger partial charge in [-0.1, -0.05) is 56.3 Å². The molecule has 2 rings (SSSR count). The highest BCUT2D eigenvalue weighted by Gasteiger charge is 2.17. The zero-order chi connectivity index (χ0) is 13.0. The molecule has 0 saturated heterocycles. The van der Waals surface area contributed by atoms with E-state index >= 15 is 0 Å². The van der Waals surface area contributed by atoms with E-state index in [0.717, 1.165) is 13.1 Å². The lowest BCUT2D eigenvalue weighted by Crippen LogP contribution is -2.33. The molecule has 0 heterocycles. The number of nitrogens with zero attached hydrogens (tertiary/aromatic N) is 1. The molecular formula is C16H22N2. The van der Waals surface area contributed by atoms with E-state index in [0.29, 0.717) is 12.6 Å². The first-order chi connectivity index (χ1) is 8.81. The summed E-state index contributed by atoms with van der Waals surface area (Å²) in [5, 5.41) is 2.61. The van der Waals surface area contributed by atoms with Crippen LogP contribution in [-0.2, 0) is 0 Å². The average Bonchev–Trinajstić information content (AvgIpc) is 2.44. The molecule has 0 aromatic heterocycles. The zero-order valence-electron chi connectivity index (χ0n) is 11.3. The van der Waals surface area contributed by atoms with Gasteiger partial charge in [0.2, 0.25) is 0 Å². The van der Waals surface area contributed by atoms with Crippen LogP contribution in [0.15, 0.2) is 42.5 Å². The van der Waals surface area contributed by atoms with E-state index in [1.165, 1.54) is 16.3 Å². The van der Waals surface area contributed by atoms with Gasteiger partial charge >= 0.3 is 0 Å². The Hall–Kier alpha value is -1.38. The zero-order valence-corrected chi connectivity index (χ0v) is 11.3.